The van der Waals surface area contributed by atoms with Crippen molar-refractivity contribution >= 4 is 23.8 Å². The first kappa shape index (κ1) is 44.6. The third-order valence-electron chi connectivity index (χ3n) is 12.0. The maximum Gasteiger partial charge on any atom is 0.139 e. The molecule has 4 saturated heterocycles. The molecule has 4 atom stereocenters. The van der Waals surface area contributed by atoms with Crippen molar-refractivity contribution < 1.29 is 18.9 Å². The fourth-order valence-corrected chi connectivity index (χ4v) is 8.59. The van der Waals surface area contributed by atoms with Crippen molar-refractivity contribution in [2.24, 2.45) is 11.8 Å². The van der Waals surface area contributed by atoms with E-state index in [0.717, 1.165) is 102 Å². The Morgan fingerprint density at radius 3 is 1.46 bits per heavy atom. The molecule has 0 spiro atoms. The predicted octanol–water partition coefficient (Wildman–Crippen LogP) is 8.49. The minimum absolute atomic E-state index is 0. The van der Waals surface area contributed by atoms with E-state index in [4.69, 9.17) is 18.9 Å². The van der Waals surface area contributed by atoms with E-state index in [0.29, 0.717) is 25.3 Å². The number of pyridine rings is 2. The zero-order chi connectivity index (χ0) is 39.5. The number of nitrogens with one attached hydrogen (secondary N) is 2. The Kier molecular flexibility index (Phi) is 18.9. The van der Waals surface area contributed by atoms with Gasteiger partial charge >= 0.3 is 0 Å². The molecule has 2 aromatic heterocycles. The molecular weight excluding hydrogens is 760 g/mol. The van der Waals surface area contributed by atoms with Crippen LogP contribution in [0.25, 0.3) is 0 Å². The highest BCUT2D eigenvalue weighted by Crippen LogP contribution is 2.30. The predicted molar refractivity (Wildman–Crippen MR) is 240 cm³/mol. The summed E-state index contributed by atoms with van der Waals surface area (Å²) < 4.78 is 23.6. The number of halogens is 1. The van der Waals surface area contributed by atoms with Gasteiger partial charge in [0.2, 0.25) is 0 Å². The first-order valence-corrected chi connectivity index (χ1v) is 22.1. The Hall–Kier alpha value is -3.93. The molecule has 0 bridgehead atoms. The lowest BCUT2D eigenvalue weighted by Gasteiger charge is -2.19. The van der Waals surface area contributed by atoms with Crippen LogP contribution in [0.4, 0.5) is 11.4 Å². The van der Waals surface area contributed by atoms with Gasteiger partial charge in [0, 0.05) is 63.6 Å². The summed E-state index contributed by atoms with van der Waals surface area (Å²) in [6.07, 6.45) is 19.7. The number of nitrogens with zero attached hydrogens (tertiary/aromatic N) is 4. The zero-order valence-corrected chi connectivity index (χ0v) is 35.7. The van der Waals surface area contributed by atoms with Gasteiger partial charge in [-0.1, -0.05) is 60.7 Å². The van der Waals surface area contributed by atoms with Crippen molar-refractivity contribution in [1.82, 2.24) is 20.6 Å². The Bertz CT molecular complexity index is 1600. The maximum absolute atomic E-state index is 5.98. The number of anilines is 2. The van der Waals surface area contributed by atoms with Crippen LogP contribution in [-0.4, -0.2) is 87.7 Å². The second-order valence-electron chi connectivity index (χ2n) is 16.5. The molecule has 59 heavy (non-hydrogen) atoms. The molecule has 0 saturated carbocycles. The Morgan fingerprint density at radius 1 is 0.576 bits per heavy atom. The highest BCUT2D eigenvalue weighted by Gasteiger charge is 2.24. The van der Waals surface area contributed by atoms with E-state index in [9.17, 15) is 0 Å². The molecule has 0 radical (unpaired) electrons. The monoisotopic (exact) mass is 826 g/mol. The molecule has 0 unspecified atom stereocenters. The molecule has 2 N–H and O–H groups in total. The summed E-state index contributed by atoms with van der Waals surface area (Å²) in [7, 11) is 0. The quantitative estimate of drug-likeness (QED) is 0.0846. The topological polar surface area (TPSA) is 93.2 Å². The second-order valence-corrected chi connectivity index (χ2v) is 16.5. The molecule has 4 aliphatic heterocycles. The van der Waals surface area contributed by atoms with Crippen molar-refractivity contribution in [3.8, 4) is 11.5 Å². The van der Waals surface area contributed by atoms with E-state index in [2.05, 4.69) is 91.1 Å². The van der Waals surface area contributed by atoms with Crippen LogP contribution in [-0.2, 0) is 22.7 Å². The first-order valence-electron chi connectivity index (χ1n) is 22.1. The Labute approximate surface area is 359 Å². The van der Waals surface area contributed by atoms with Gasteiger partial charge < -0.3 is 39.4 Å². The molecule has 6 heterocycles. The summed E-state index contributed by atoms with van der Waals surface area (Å²) in [6.45, 7) is 11.2. The van der Waals surface area contributed by atoms with Crippen LogP contribution in [0.2, 0.25) is 0 Å². The molecule has 4 aromatic rings. The lowest BCUT2D eigenvalue weighted by atomic mass is 10.0. The maximum atomic E-state index is 5.98. The summed E-state index contributed by atoms with van der Waals surface area (Å²) in [5.74, 6) is 3.24. The van der Waals surface area contributed by atoms with Gasteiger partial charge in [-0.25, -0.2) is 0 Å². The van der Waals surface area contributed by atoms with Gasteiger partial charge in [0.15, 0.2) is 0 Å². The average molecular weight is 828 g/mol. The van der Waals surface area contributed by atoms with Crippen LogP contribution in [0, 0.1) is 11.8 Å². The molecule has 10 nitrogen and oxygen atoms in total. The van der Waals surface area contributed by atoms with E-state index < -0.39 is 0 Å². The van der Waals surface area contributed by atoms with Crippen molar-refractivity contribution in [2.45, 2.75) is 89.5 Å². The van der Waals surface area contributed by atoms with Crippen molar-refractivity contribution in [3.63, 3.8) is 0 Å². The van der Waals surface area contributed by atoms with Gasteiger partial charge in [-0.15, -0.1) is 12.4 Å². The van der Waals surface area contributed by atoms with Gasteiger partial charge in [0.25, 0.3) is 0 Å². The molecule has 4 aliphatic rings. The number of rotatable bonds is 20. The normalized spacial score (nSPS) is 21.2. The molecule has 8 rings (SSSR count). The molecule has 320 valence electrons. The van der Waals surface area contributed by atoms with E-state index >= 15 is 0 Å². The number of hydrogen-bond acceptors (Lipinski definition) is 10. The lowest BCUT2D eigenvalue weighted by molar-refractivity contribution is 0.114. The van der Waals surface area contributed by atoms with Crippen LogP contribution < -0.4 is 29.9 Å². The number of ether oxygens (including phenoxy) is 4. The highest BCUT2D eigenvalue weighted by molar-refractivity contribution is 5.85. The highest BCUT2D eigenvalue weighted by atomic mass is 35.5. The molecule has 2 aromatic carbocycles. The fourth-order valence-electron chi connectivity index (χ4n) is 8.59. The largest absolute Gasteiger partial charge is 0.490 e. The Balaban J connectivity index is 0.000000195. The minimum Gasteiger partial charge on any atom is -0.490 e. The van der Waals surface area contributed by atoms with E-state index in [-0.39, 0.29) is 12.4 Å². The average Bonchev–Trinajstić information content (AvgIpc) is 4.13. The first-order chi connectivity index (χ1) is 28.7. The summed E-state index contributed by atoms with van der Waals surface area (Å²) in [5.41, 5.74) is 4.87. The standard InChI is InChI=1S/2C24H33N3O2.ClH/c2*1-2-6-21(7-3-1)18-28-13-5-8-20-10-12-27(17-20)23-14-24(16-25-15-23)29-19-22-9-4-11-26-22;/h2*1-3,6-7,14-16,20,22,26H,4-5,8-13,17-19H2;1H/t2*20-,22+;/m11./s1. The fraction of sp³-hybridized carbons (Fsp3) is 0.542. The van der Waals surface area contributed by atoms with Crippen molar-refractivity contribution in [1.29, 1.82) is 0 Å². The van der Waals surface area contributed by atoms with Crippen molar-refractivity contribution in [3.05, 3.63) is 109 Å². The van der Waals surface area contributed by atoms with E-state index in [1.54, 1.807) is 0 Å². The zero-order valence-electron chi connectivity index (χ0n) is 34.9. The Morgan fingerprint density at radius 2 is 1.03 bits per heavy atom. The number of aromatic nitrogens is 2. The summed E-state index contributed by atoms with van der Waals surface area (Å²) in [6, 6.07) is 26.1. The summed E-state index contributed by atoms with van der Waals surface area (Å²) in [4.78, 5) is 13.7. The van der Waals surface area contributed by atoms with E-state index in [1.165, 1.54) is 73.9 Å². The van der Waals surface area contributed by atoms with Crippen LogP contribution >= 0.6 is 12.4 Å². The molecular formula is C48H67ClN6O4. The summed E-state index contributed by atoms with van der Waals surface area (Å²) >= 11 is 0. The number of benzene rings is 2. The van der Waals surface area contributed by atoms with Gasteiger partial charge in [-0.3, -0.25) is 9.97 Å². The lowest BCUT2D eigenvalue weighted by Crippen LogP contribution is -2.28. The third-order valence-corrected chi connectivity index (χ3v) is 12.0. The molecule has 11 heteroatoms. The van der Waals surface area contributed by atoms with Crippen LogP contribution in [0.15, 0.2) is 97.6 Å². The van der Waals surface area contributed by atoms with E-state index in [1.807, 2.05) is 36.9 Å². The molecule has 4 fully saturated rings. The van der Waals surface area contributed by atoms with Gasteiger partial charge in [0.05, 0.1) is 49.4 Å². The van der Waals surface area contributed by atoms with Gasteiger partial charge in [-0.2, -0.15) is 0 Å². The van der Waals surface area contributed by atoms with Gasteiger partial charge in [0.1, 0.15) is 24.7 Å². The smallest absolute Gasteiger partial charge is 0.139 e. The third kappa shape index (κ3) is 15.2. The minimum atomic E-state index is 0. The van der Waals surface area contributed by atoms with Crippen LogP contribution in [0.1, 0.15) is 75.3 Å². The molecule has 0 aliphatic carbocycles. The van der Waals surface area contributed by atoms with Crippen molar-refractivity contribution in [2.75, 3.05) is 75.5 Å². The summed E-state index contributed by atoms with van der Waals surface area (Å²) in [5, 5.41) is 6.95. The van der Waals surface area contributed by atoms with Crippen LogP contribution in [0.3, 0.4) is 0 Å². The van der Waals surface area contributed by atoms with Crippen LogP contribution in [0.5, 0.6) is 11.5 Å². The number of hydrogen-bond donors (Lipinski definition) is 2. The van der Waals surface area contributed by atoms with Gasteiger partial charge in [-0.05, 0) is 100 Å². The molecule has 0 amide bonds. The SMILES string of the molecule is Cl.c1ccc(COCCC[C@@H]2CCN(c3cncc(OC[C@@H]4CCCN4)c3)C2)cc1.c1ccc(COCCC[C@@H]2CCN(c3cncc(OC[C@@H]4CCCN4)c3)C2)cc1. The second kappa shape index (κ2) is 25.0.